The van der Waals surface area contributed by atoms with Gasteiger partial charge in [-0.15, -0.1) is 0 Å². The molecule has 0 amide bonds. The second-order valence-corrected chi connectivity index (χ2v) is 7.59. The third-order valence-corrected chi connectivity index (χ3v) is 4.48. The summed E-state index contributed by atoms with van der Waals surface area (Å²) < 4.78 is 22.8. The molecule has 0 bridgehead atoms. The second kappa shape index (κ2) is 5.92. The molecule has 0 atom stereocenters. The summed E-state index contributed by atoms with van der Waals surface area (Å²) in [5, 5.41) is 0. The highest BCUT2D eigenvalue weighted by molar-refractivity contribution is 9.10. The molecule has 84 valence electrons. The van der Waals surface area contributed by atoms with Crippen LogP contribution in [-0.2, 0) is 15.6 Å². The fraction of sp³-hybridized carbons (Fsp3) is 0.400. The van der Waals surface area contributed by atoms with Gasteiger partial charge in [-0.25, -0.2) is 8.42 Å². The first-order chi connectivity index (χ1) is 6.97. The van der Waals surface area contributed by atoms with Crippen LogP contribution in [0.15, 0.2) is 28.7 Å². The second-order valence-electron chi connectivity index (χ2n) is 3.31. The molecule has 0 aromatic heterocycles. The molecule has 0 fully saturated rings. The predicted octanol–water partition coefficient (Wildman–Crippen LogP) is 2.73. The van der Waals surface area contributed by atoms with Gasteiger partial charge in [0.25, 0.3) is 0 Å². The van der Waals surface area contributed by atoms with Crippen molar-refractivity contribution in [3.05, 3.63) is 34.3 Å². The van der Waals surface area contributed by atoms with Crippen molar-refractivity contribution in [2.24, 2.45) is 0 Å². The monoisotopic (exact) mass is 308 g/mol. The van der Waals surface area contributed by atoms with E-state index in [4.69, 9.17) is 0 Å². The molecular weight excluding hydrogens is 296 g/mol. The zero-order valence-corrected chi connectivity index (χ0v) is 11.7. The van der Waals surface area contributed by atoms with Crippen LogP contribution in [0.2, 0.25) is 0 Å². The van der Waals surface area contributed by atoms with Crippen molar-refractivity contribution in [2.45, 2.75) is 5.75 Å². The van der Waals surface area contributed by atoms with Gasteiger partial charge in [-0.2, -0.15) is 11.8 Å². The van der Waals surface area contributed by atoms with Crippen LogP contribution in [-0.4, -0.2) is 26.2 Å². The molecule has 15 heavy (non-hydrogen) atoms. The van der Waals surface area contributed by atoms with Crippen LogP contribution >= 0.6 is 27.7 Å². The lowest BCUT2D eigenvalue weighted by atomic mass is 10.2. The maximum Gasteiger partial charge on any atom is 0.148 e. The highest BCUT2D eigenvalue weighted by Crippen LogP contribution is 2.16. The summed E-state index contributed by atoms with van der Waals surface area (Å²) in [6.45, 7) is 0. The quantitative estimate of drug-likeness (QED) is 0.784. The molecule has 0 saturated carbocycles. The molecule has 0 saturated heterocycles. The van der Waals surface area contributed by atoms with Crippen molar-refractivity contribution >= 4 is 37.5 Å². The van der Waals surface area contributed by atoms with Gasteiger partial charge in [0.2, 0.25) is 0 Å². The van der Waals surface area contributed by atoms with E-state index >= 15 is 0 Å². The third kappa shape index (κ3) is 6.22. The summed E-state index contributed by atoms with van der Waals surface area (Å²) >= 11 is 5.04. The van der Waals surface area contributed by atoms with Crippen LogP contribution in [0.3, 0.4) is 0 Å². The van der Waals surface area contributed by atoms with E-state index < -0.39 is 9.84 Å². The average molecular weight is 309 g/mol. The van der Waals surface area contributed by atoms with Crippen molar-refractivity contribution in [3.8, 4) is 0 Å². The van der Waals surface area contributed by atoms with Gasteiger partial charge in [-0.05, 0) is 17.7 Å². The van der Waals surface area contributed by atoms with Crippen molar-refractivity contribution in [2.75, 3.05) is 17.8 Å². The van der Waals surface area contributed by atoms with E-state index in [9.17, 15) is 8.42 Å². The van der Waals surface area contributed by atoms with Gasteiger partial charge >= 0.3 is 0 Å². The maximum absolute atomic E-state index is 10.9. The molecular formula is C10H13BrO2S2. The molecule has 5 heteroatoms. The molecule has 0 heterocycles. The lowest BCUT2D eigenvalue weighted by molar-refractivity contribution is 0.603. The lowest BCUT2D eigenvalue weighted by Crippen LogP contribution is -2.05. The molecule has 2 nitrogen and oxygen atoms in total. The molecule has 0 unspecified atom stereocenters. The van der Waals surface area contributed by atoms with Crippen LogP contribution in [0.4, 0.5) is 0 Å². The van der Waals surface area contributed by atoms with E-state index in [2.05, 4.69) is 15.9 Å². The molecule has 1 aromatic rings. The number of sulfone groups is 1. The standard InChI is InChI=1S/C10H13BrO2S2/c1-15(12,13)6-5-14-8-9-3-2-4-10(11)7-9/h2-4,7H,5-6,8H2,1H3. The minimum Gasteiger partial charge on any atom is -0.229 e. The number of thioether (sulfide) groups is 1. The largest absolute Gasteiger partial charge is 0.229 e. The van der Waals surface area contributed by atoms with E-state index in [1.54, 1.807) is 11.8 Å². The third-order valence-electron chi connectivity index (χ3n) is 1.76. The van der Waals surface area contributed by atoms with Crippen molar-refractivity contribution in [1.29, 1.82) is 0 Å². The van der Waals surface area contributed by atoms with Crippen LogP contribution in [0.1, 0.15) is 5.56 Å². The summed E-state index contributed by atoms with van der Waals surface area (Å²) in [5.74, 6) is 1.77. The SMILES string of the molecule is CS(=O)(=O)CCSCc1cccc(Br)c1. The Morgan fingerprint density at radius 3 is 2.73 bits per heavy atom. The zero-order valence-electron chi connectivity index (χ0n) is 8.44. The van der Waals surface area contributed by atoms with Gasteiger partial charge in [0, 0.05) is 22.2 Å². The summed E-state index contributed by atoms with van der Waals surface area (Å²) in [6, 6.07) is 8.05. The van der Waals surface area contributed by atoms with Gasteiger partial charge in [0.1, 0.15) is 9.84 Å². The minimum absolute atomic E-state index is 0.256. The molecule has 0 aliphatic heterocycles. The van der Waals surface area contributed by atoms with E-state index in [1.165, 1.54) is 11.8 Å². The van der Waals surface area contributed by atoms with Gasteiger partial charge < -0.3 is 0 Å². The summed E-state index contributed by atoms with van der Waals surface area (Å²) in [5.41, 5.74) is 1.21. The fourth-order valence-electron chi connectivity index (χ4n) is 1.03. The number of hydrogen-bond donors (Lipinski definition) is 0. The summed E-state index contributed by atoms with van der Waals surface area (Å²) in [4.78, 5) is 0. The lowest BCUT2D eigenvalue weighted by Gasteiger charge is -2.01. The van der Waals surface area contributed by atoms with Crippen LogP contribution < -0.4 is 0 Å². The van der Waals surface area contributed by atoms with Gasteiger partial charge in [0.05, 0.1) is 5.75 Å². The van der Waals surface area contributed by atoms with Gasteiger partial charge in [-0.1, -0.05) is 28.1 Å². The Morgan fingerprint density at radius 1 is 1.40 bits per heavy atom. The first-order valence-corrected chi connectivity index (χ1v) is 8.48. The molecule has 1 aromatic carbocycles. The number of benzene rings is 1. The van der Waals surface area contributed by atoms with E-state index in [-0.39, 0.29) is 5.75 Å². The first-order valence-electron chi connectivity index (χ1n) is 4.47. The Bertz CT molecular complexity index is 415. The molecule has 0 N–H and O–H groups in total. The van der Waals surface area contributed by atoms with Crippen molar-refractivity contribution in [3.63, 3.8) is 0 Å². The summed E-state index contributed by atoms with van der Waals surface area (Å²) in [7, 11) is -2.82. The van der Waals surface area contributed by atoms with Gasteiger partial charge in [0.15, 0.2) is 0 Å². The van der Waals surface area contributed by atoms with Gasteiger partial charge in [-0.3, -0.25) is 0 Å². The average Bonchev–Trinajstić information content (AvgIpc) is 2.11. The molecule has 0 aliphatic carbocycles. The van der Waals surface area contributed by atoms with Crippen LogP contribution in [0.5, 0.6) is 0 Å². The van der Waals surface area contributed by atoms with E-state index in [1.807, 2.05) is 24.3 Å². The zero-order chi connectivity index (χ0) is 11.3. The Balaban J connectivity index is 2.32. The van der Waals surface area contributed by atoms with Crippen LogP contribution in [0.25, 0.3) is 0 Å². The van der Waals surface area contributed by atoms with Crippen LogP contribution in [0, 0.1) is 0 Å². The maximum atomic E-state index is 10.9. The Kier molecular flexibility index (Phi) is 5.15. The number of halogens is 1. The molecule has 0 aliphatic rings. The predicted molar refractivity (Wildman–Crippen MR) is 70.0 cm³/mol. The smallest absolute Gasteiger partial charge is 0.148 e. The normalized spacial score (nSPS) is 11.6. The van der Waals surface area contributed by atoms with E-state index in [0.29, 0.717) is 5.75 Å². The Labute approximate surface area is 104 Å². The Morgan fingerprint density at radius 2 is 2.13 bits per heavy atom. The van der Waals surface area contributed by atoms with Crippen molar-refractivity contribution < 1.29 is 8.42 Å². The summed E-state index contributed by atoms with van der Waals surface area (Å²) in [6.07, 6.45) is 1.27. The highest BCUT2D eigenvalue weighted by Gasteiger charge is 2.01. The number of hydrogen-bond acceptors (Lipinski definition) is 3. The first kappa shape index (κ1) is 13.1. The van der Waals surface area contributed by atoms with E-state index in [0.717, 1.165) is 10.2 Å². The highest BCUT2D eigenvalue weighted by atomic mass is 79.9. The number of rotatable bonds is 5. The topological polar surface area (TPSA) is 34.1 Å². The fourth-order valence-corrected chi connectivity index (χ4v) is 3.72. The minimum atomic E-state index is -2.82. The molecule has 0 radical (unpaired) electrons. The Hall–Kier alpha value is -0.000000000000000111. The molecule has 0 spiro atoms. The molecule has 1 rings (SSSR count). The van der Waals surface area contributed by atoms with Crippen molar-refractivity contribution in [1.82, 2.24) is 0 Å².